The molecule has 0 saturated carbocycles. The minimum atomic E-state index is -3.80. The van der Waals surface area contributed by atoms with Gasteiger partial charge in [0.1, 0.15) is 12.4 Å². The summed E-state index contributed by atoms with van der Waals surface area (Å²) in [5.74, 6) is 0.225. The summed E-state index contributed by atoms with van der Waals surface area (Å²) in [5, 5.41) is 12.1. The van der Waals surface area contributed by atoms with Crippen LogP contribution in [0.2, 0.25) is 0 Å². The van der Waals surface area contributed by atoms with Crippen molar-refractivity contribution in [2.75, 3.05) is 29.3 Å². The number of carbonyl (C=O) groups is 1. The van der Waals surface area contributed by atoms with Crippen molar-refractivity contribution in [1.29, 1.82) is 0 Å². The lowest BCUT2D eigenvalue weighted by Gasteiger charge is -2.24. The highest BCUT2D eigenvalue weighted by atomic mass is 32.2. The van der Waals surface area contributed by atoms with E-state index < -0.39 is 16.0 Å². The summed E-state index contributed by atoms with van der Waals surface area (Å²) in [7, 11) is -3.80. The van der Waals surface area contributed by atoms with E-state index in [4.69, 9.17) is 9.26 Å². The molecular weight excluding hydrogens is 494 g/mol. The molecule has 0 amide bonds. The van der Waals surface area contributed by atoms with Crippen LogP contribution in [0.5, 0.6) is 0 Å². The van der Waals surface area contributed by atoms with Crippen LogP contribution in [0.4, 0.5) is 22.9 Å². The van der Waals surface area contributed by atoms with Crippen molar-refractivity contribution in [3.05, 3.63) is 72.5 Å². The second kappa shape index (κ2) is 12.8. The second-order valence-electron chi connectivity index (χ2n) is 8.40. The largest absolute Gasteiger partial charge is 0.460 e. The van der Waals surface area contributed by atoms with Gasteiger partial charge >= 0.3 is 5.97 Å². The van der Waals surface area contributed by atoms with Gasteiger partial charge in [0.15, 0.2) is 5.82 Å². The number of aromatic nitrogens is 1. The van der Waals surface area contributed by atoms with Crippen molar-refractivity contribution in [3.63, 3.8) is 0 Å². The van der Waals surface area contributed by atoms with Gasteiger partial charge in [-0.15, -0.1) is 0 Å². The van der Waals surface area contributed by atoms with Crippen molar-refractivity contribution >= 4 is 38.9 Å². The van der Waals surface area contributed by atoms with E-state index in [-0.39, 0.29) is 17.3 Å². The molecule has 1 aromatic heterocycles. The maximum atomic E-state index is 12.5. The van der Waals surface area contributed by atoms with Gasteiger partial charge in [-0.1, -0.05) is 25.1 Å². The number of benzene rings is 2. The number of hydrogen-bond acceptors (Lipinski definition) is 9. The minimum Gasteiger partial charge on any atom is -0.460 e. The Morgan fingerprint density at radius 2 is 1.70 bits per heavy atom. The molecule has 3 aromatic rings. The van der Waals surface area contributed by atoms with E-state index in [1.807, 2.05) is 24.3 Å². The van der Waals surface area contributed by atoms with E-state index in [9.17, 15) is 13.2 Å². The highest BCUT2D eigenvalue weighted by Gasteiger charge is 2.16. The average molecular weight is 526 g/mol. The monoisotopic (exact) mass is 525 g/mol. The van der Waals surface area contributed by atoms with Gasteiger partial charge in [-0.2, -0.15) is 10.2 Å². The Bertz CT molecular complexity index is 1330. The number of azo groups is 1. The fourth-order valence-electron chi connectivity index (χ4n) is 3.24. The van der Waals surface area contributed by atoms with E-state index in [1.54, 1.807) is 26.0 Å². The van der Waals surface area contributed by atoms with Crippen molar-refractivity contribution in [3.8, 4) is 0 Å². The van der Waals surface area contributed by atoms with E-state index in [1.165, 1.54) is 18.2 Å². The summed E-state index contributed by atoms with van der Waals surface area (Å²) in [6.07, 6.45) is 2.06. The summed E-state index contributed by atoms with van der Waals surface area (Å²) in [5.41, 5.74) is 2.52. The molecule has 0 bridgehead atoms. The Kier molecular flexibility index (Phi) is 9.56. The van der Waals surface area contributed by atoms with Crippen LogP contribution in [0.1, 0.15) is 32.4 Å². The highest BCUT2D eigenvalue weighted by molar-refractivity contribution is 7.92. The van der Waals surface area contributed by atoms with Crippen LogP contribution < -0.4 is 9.62 Å². The second-order valence-corrected chi connectivity index (χ2v) is 10.1. The van der Waals surface area contributed by atoms with Crippen LogP contribution in [-0.2, 0) is 19.6 Å². The molecule has 0 fully saturated rings. The predicted molar refractivity (Wildman–Crippen MR) is 142 cm³/mol. The summed E-state index contributed by atoms with van der Waals surface area (Å²) >= 11 is 0. The number of esters is 1. The summed E-state index contributed by atoms with van der Waals surface area (Å²) in [6, 6.07) is 15.1. The van der Waals surface area contributed by atoms with Crippen molar-refractivity contribution in [1.82, 2.24) is 5.16 Å². The molecule has 0 unspecified atom stereocenters. The smallest absolute Gasteiger partial charge is 0.333 e. The number of carbonyl (C=O) groups excluding carboxylic acids is 1. The van der Waals surface area contributed by atoms with Crippen LogP contribution in [0, 0.1) is 6.92 Å². The number of ether oxygens (including phenoxy) is 1. The number of sulfonamides is 1. The molecule has 2 aromatic carbocycles. The lowest BCUT2D eigenvalue weighted by atomic mass is 10.2. The van der Waals surface area contributed by atoms with Crippen LogP contribution >= 0.6 is 0 Å². The number of nitrogens with one attached hydrogen (secondary N) is 1. The number of hydrogen-bond donors (Lipinski definition) is 1. The third kappa shape index (κ3) is 8.28. The number of anilines is 2. The number of unbranched alkanes of at least 4 members (excludes halogenated alkanes) is 1. The molecule has 1 heterocycles. The predicted octanol–water partition coefficient (Wildman–Crippen LogP) is 5.93. The number of nitrogens with zero attached hydrogens (tertiary/aromatic N) is 4. The van der Waals surface area contributed by atoms with E-state index in [2.05, 4.69) is 38.5 Å². The quantitative estimate of drug-likeness (QED) is 0.167. The first-order valence-corrected chi connectivity index (χ1v) is 13.3. The molecule has 3 rings (SSSR count). The highest BCUT2D eigenvalue weighted by Crippen LogP contribution is 2.24. The van der Waals surface area contributed by atoms with Gasteiger partial charge in [-0.25, -0.2) is 13.2 Å². The zero-order chi connectivity index (χ0) is 26.8. The molecule has 37 heavy (non-hydrogen) atoms. The SMILES string of the molecule is C=C(C)C(=O)OCCN(CCCC)c1ccc(N=Nc2ccc(S(=O)(=O)Nc3cc(C)on3)cc2)cc1. The molecule has 11 heteroatoms. The molecule has 0 aliphatic heterocycles. The summed E-state index contributed by atoms with van der Waals surface area (Å²) in [4.78, 5) is 13.9. The lowest BCUT2D eigenvalue weighted by Crippen LogP contribution is -2.29. The molecule has 1 N–H and O–H groups in total. The van der Waals surface area contributed by atoms with Gasteiger partial charge < -0.3 is 14.2 Å². The number of aryl methyl sites for hydroxylation is 1. The molecule has 0 aliphatic carbocycles. The van der Waals surface area contributed by atoms with Gasteiger partial charge in [0.25, 0.3) is 10.0 Å². The summed E-state index contributed by atoms with van der Waals surface area (Å²) < 4.78 is 37.5. The van der Waals surface area contributed by atoms with Crippen molar-refractivity contribution in [2.24, 2.45) is 10.2 Å². The van der Waals surface area contributed by atoms with Gasteiger partial charge in [0.05, 0.1) is 22.8 Å². The Labute approximate surface area is 217 Å². The zero-order valence-electron chi connectivity index (χ0n) is 21.2. The lowest BCUT2D eigenvalue weighted by molar-refractivity contribution is -0.138. The molecule has 0 atom stereocenters. The van der Waals surface area contributed by atoms with Crippen LogP contribution in [0.15, 0.2) is 86.4 Å². The first-order chi connectivity index (χ1) is 17.7. The third-order valence-corrected chi connectivity index (χ3v) is 6.60. The molecular formula is C26H31N5O5S. The van der Waals surface area contributed by atoms with Gasteiger partial charge in [-0.05, 0) is 68.8 Å². The van der Waals surface area contributed by atoms with Crippen LogP contribution in [-0.4, -0.2) is 39.2 Å². The molecule has 0 spiro atoms. The topological polar surface area (TPSA) is 126 Å². The Morgan fingerprint density at radius 1 is 1.08 bits per heavy atom. The molecule has 196 valence electrons. The minimum absolute atomic E-state index is 0.0672. The first-order valence-electron chi connectivity index (χ1n) is 11.8. The fourth-order valence-corrected chi connectivity index (χ4v) is 4.22. The normalized spacial score (nSPS) is 11.4. The molecule has 10 nitrogen and oxygen atoms in total. The van der Waals surface area contributed by atoms with Crippen molar-refractivity contribution in [2.45, 2.75) is 38.5 Å². The zero-order valence-corrected chi connectivity index (χ0v) is 22.0. The molecule has 0 saturated heterocycles. The third-order valence-electron chi connectivity index (χ3n) is 5.23. The Balaban J connectivity index is 1.62. The average Bonchev–Trinajstić information content (AvgIpc) is 3.28. The van der Waals surface area contributed by atoms with Gasteiger partial charge in [0.2, 0.25) is 0 Å². The van der Waals surface area contributed by atoms with Gasteiger partial charge in [-0.3, -0.25) is 4.72 Å². The standard InChI is InChI=1S/C26H31N5O5S/c1-5-6-15-31(16-17-35-26(32)19(2)3)23-11-7-21(8-12-23)27-28-22-9-13-24(14-10-22)37(33,34)30-25-18-20(4)36-29-25/h7-14,18H,2,5-6,15-17H2,1,3-4H3,(H,29,30). The maximum absolute atomic E-state index is 12.5. The first kappa shape index (κ1) is 27.6. The Hall–Kier alpha value is -3.99. The van der Waals surface area contributed by atoms with Gasteiger partial charge in [0, 0.05) is 23.9 Å². The van der Waals surface area contributed by atoms with Crippen LogP contribution in [0.25, 0.3) is 0 Å². The number of rotatable bonds is 13. The van der Waals surface area contributed by atoms with Crippen LogP contribution in [0.3, 0.4) is 0 Å². The van der Waals surface area contributed by atoms with E-state index >= 15 is 0 Å². The fraction of sp³-hybridized carbons (Fsp3) is 0.308. The molecule has 0 aliphatic rings. The molecule has 0 radical (unpaired) electrons. The Morgan fingerprint density at radius 3 is 2.24 bits per heavy atom. The van der Waals surface area contributed by atoms with E-state index in [0.29, 0.717) is 29.3 Å². The van der Waals surface area contributed by atoms with E-state index in [0.717, 1.165) is 25.1 Å². The van der Waals surface area contributed by atoms with Crippen molar-refractivity contribution < 1.29 is 22.5 Å². The summed E-state index contributed by atoms with van der Waals surface area (Å²) in [6.45, 7) is 10.7. The maximum Gasteiger partial charge on any atom is 0.333 e.